The van der Waals surface area contributed by atoms with E-state index in [4.69, 9.17) is 15.0 Å². The number of hydrogen-bond acceptors (Lipinski definition) is 7. The van der Waals surface area contributed by atoms with Gasteiger partial charge in [-0.2, -0.15) is 18.3 Å². The number of aromatic nitrogens is 4. The van der Waals surface area contributed by atoms with Crippen LogP contribution in [0.5, 0.6) is 0 Å². The van der Waals surface area contributed by atoms with Crippen LogP contribution in [0.3, 0.4) is 0 Å². The largest absolute Gasteiger partial charge is 0.490 e. The minimum Gasteiger partial charge on any atom is -0.475 e. The molecule has 3 aromatic rings. The Morgan fingerprint density at radius 2 is 1.78 bits per heavy atom. The first-order valence-corrected chi connectivity index (χ1v) is 12.6. The summed E-state index contributed by atoms with van der Waals surface area (Å²) in [5.41, 5.74) is 2.25. The number of hydrogen-bond donors (Lipinski definition) is 1. The average Bonchev–Trinajstić information content (AvgIpc) is 3.55. The van der Waals surface area contributed by atoms with Crippen molar-refractivity contribution in [3.05, 3.63) is 58.3 Å². The summed E-state index contributed by atoms with van der Waals surface area (Å²) >= 11 is 1.51. The van der Waals surface area contributed by atoms with Gasteiger partial charge < -0.3 is 14.9 Å². The Hall–Kier alpha value is -3.48. The molecule has 0 aromatic carbocycles. The number of anilines is 1. The molecule has 13 heteroatoms. The molecule has 2 aliphatic rings. The third kappa shape index (κ3) is 5.76. The standard InChI is InChI=1S/C22H26N6OS.C2HF3O2/c1-16(2)28-14-17-13-27(20(29)18-5-3-12-30-18)15-22(19(17)25-28)6-10-26(11-7-22)21-23-8-4-9-24-21;3-2(4,5)1(6)7/h3-5,8-9,12,14,16H,6-7,10-11,13,15H2,1-2H3;(H,6,7). The number of carbonyl (C=O) groups excluding carboxylic acids is 1. The topological polar surface area (TPSA) is 104 Å². The molecule has 0 saturated carbocycles. The second-order valence-electron chi connectivity index (χ2n) is 9.33. The van der Waals surface area contributed by atoms with Crippen LogP contribution in [0.1, 0.15) is 53.7 Å². The molecule has 198 valence electrons. The summed E-state index contributed by atoms with van der Waals surface area (Å²) in [6.07, 6.45) is 2.50. The van der Waals surface area contributed by atoms with E-state index in [0.29, 0.717) is 12.6 Å². The highest BCUT2D eigenvalue weighted by molar-refractivity contribution is 7.12. The molecule has 1 saturated heterocycles. The van der Waals surface area contributed by atoms with Gasteiger partial charge in [-0.15, -0.1) is 11.3 Å². The average molecular weight is 537 g/mol. The van der Waals surface area contributed by atoms with E-state index in [1.165, 1.54) is 22.6 Å². The first-order chi connectivity index (χ1) is 17.5. The number of carboxylic acid groups (broad SMARTS) is 1. The number of piperidine rings is 1. The van der Waals surface area contributed by atoms with Gasteiger partial charge in [0.15, 0.2) is 0 Å². The van der Waals surface area contributed by atoms with E-state index in [9.17, 15) is 18.0 Å². The molecule has 0 atom stereocenters. The number of rotatable bonds is 3. The summed E-state index contributed by atoms with van der Waals surface area (Å²) in [5.74, 6) is -1.85. The minimum absolute atomic E-state index is 0.119. The maximum Gasteiger partial charge on any atom is 0.490 e. The van der Waals surface area contributed by atoms with E-state index < -0.39 is 12.1 Å². The highest BCUT2D eigenvalue weighted by atomic mass is 32.1. The van der Waals surface area contributed by atoms with E-state index in [1.807, 2.05) is 28.5 Å². The molecular weight excluding hydrogens is 509 g/mol. The highest BCUT2D eigenvalue weighted by Crippen LogP contribution is 2.42. The lowest BCUT2D eigenvalue weighted by atomic mass is 9.72. The van der Waals surface area contributed by atoms with Gasteiger partial charge in [0.1, 0.15) is 0 Å². The molecule has 0 unspecified atom stereocenters. The van der Waals surface area contributed by atoms with Crippen LogP contribution in [0.25, 0.3) is 0 Å². The van der Waals surface area contributed by atoms with Gasteiger partial charge in [0.2, 0.25) is 5.95 Å². The van der Waals surface area contributed by atoms with E-state index in [-0.39, 0.29) is 11.3 Å². The highest BCUT2D eigenvalue weighted by Gasteiger charge is 2.46. The van der Waals surface area contributed by atoms with Gasteiger partial charge in [0.25, 0.3) is 5.91 Å². The van der Waals surface area contributed by atoms with Crippen LogP contribution in [0, 0.1) is 0 Å². The first kappa shape index (κ1) is 26.6. The van der Waals surface area contributed by atoms with Crippen LogP contribution in [-0.2, 0) is 16.8 Å². The number of aliphatic carboxylic acids is 1. The Bertz CT molecular complexity index is 1220. The van der Waals surface area contributed by atoms with Crippen molar-refractivity contribution in [1.82, 2.24) is 24.6 Å². The molecule has 1 N–H and O–H groups in total. The predicted molar refractivity (Wildman–Crippen MR) is 131 cm³/mol. The number of amides is 1. The number of nitrogens with zero attached hydrogens (tertiary/aromatic N) is 6. The van der Waals surface area contributed by atoms with Crippen molar-refractivity contribution < 1.29 is 27.9 Å². The monoisotopic (exact) mass is 536 g/mol. The second kappa shape index (κ2) is 10.5. The van der Waals surface area contributed by atoms with Crippen molar-refractivity contribution in [3.8, 4) is 0 Å². The first-order valence-electron chi connectivity index (χ1n) is 11.7. The summed E-state index contributed by atoms with van der Waals surface area (Å²) in [7, 11) is 0. The molecule has 3 aromatic heterocycles. The number of carboxylic acids is 1. The van der Waals surface area contributed by atoms with Crippen LogP contribution in [0.2, 0.25) is 0 Å². The van der Waals surface area contributed by atoms with E-state index in [0.717, 1.165) is 43.3 Å². The quantitative estimate of drug-likeness (QED) is 0.537. The van der Waals surface area contributed by atoms with Gasteiger partial charge in [-0.05, 0) is 44.2 Å². The van der Waals surface area contributed by atoms with Crippen molar-refractivity contribution in [2.45, 2.75) is 50.9 Å². The van der Waals surface area contributed by atoms with Crippen LogP contribution in [0.4, 0.5) is 19.1 Å². The summed E-state index contributed by atoms with van der Waals surface area (Å²) in [6, 6.07) is 6.00. The van der Waals surface area contributed by atoms with Crippen LogP contribution in [0.15, 0.2) is 42.2 Å². The summed E-state index contributed by atoms with van der Waals surface area (Å²) in [4.78, 5) is 36.0. The molecule has 0 bridgehead atoms. The zero-order valence-corrected chi connectivity index (χ0v) is 21.2. The van der Waals surface area contributed by atoms with Gasteiger partial charge in [-0.3, -0.25) is 9.48 Å². The number of thiophene rings is 1. The molecule has 2 aliphatic heterocycles. The fraction of sp³-hybridized carbons (Fsp3) is 0.458. The molecule has 1 amide bonds. The molecule has 5 rings (SSSR count). The minimum atomic E-state index is -5.08. The SMILES string of the molecule is CC(C)n1cc2c(n1)C1(CCN(c3ncccn3)CC1)CN(C(=O)c1cccs1)C2.O=C(O)C(F)(F)F. The van der Waals surface area contributed by atoms with Gasteiger partial charge in [0, 0.05) is 61.8 Å². The van der Waals surface area contributed by atoms with Gasteiger partial charge in [-0.25, -0.2) is 14.8 Å². The van der Waals surface area contributed by atoms with E-state index in [2.05, 4.69) is 39.6 Å². The van der Waals surface area contributed by atoms with Gasteiger partial charge >= 0.3 is 12.1 Å². The van der Waals surface area contributed by atoms with Crippen molar-refractivity contribution in [2.75, 3.05) is 24.5 Å². The number of fused-ring (bicyclic) bond motifs is 2. The molecule has 5 heterocycles. The van der Waals surface area contributed by atoms with Crippen LogP contribution >= 0.6 is 11.3 Å². The number of carbonyl (C=O) groups is 2. The lowest BCUT2D eigenvalue weighted by Gasteiger charge is -2.46. The molecule has 0 radical (unpaired) electrons. The smallest absolute Gasteiger partial charge is 0.475 e. The van der Waals surface area contributed by atoms with Crippen molar-refractivity contribution in [2.24, 2.45) is 0 Å². The van der Waals surface area contributed by atoms with Crippen molar-refractivity contribution in [1.29, 1.82) is 0 Å². The Morgan fingerprint density at radius 1 is 1.14 bits per heavy atom. The van der Waals surface area contributed by atoms with Gasteiger partial charge in [0.05, 0.1) is 10.6 Å². The summed E-state index contributed by atoms with van der Waals surface area (Å²) in [5, 5.41) is 14.1. The van der Waals surface area contributed by atoms with E-state index >= 15 is 0 Å². The second-order valence-corrected chi connectivity index (χ2v) is 10.3. The van der Waals surface area contributed by atoms with Crippen LogP contribution < -0.4 is 4.90 Å². The molecule has 1 fully saturated rings. The Morgan fingerprint density at radius 3 is 2.32 bits per heavy atom. The zero-order valence-electron chi connectivity index (χ0n) is 20.4. The van der Waals surface area contributed by atoms with Crippen molar-refractivity contribution >= 4 is 29.2 Å². The van der Waals surface area contributed by atoms with Gasteiger partial charge in [-0.1, -0.05) is 6.07 Å². The Balaban J connectivity index is 0.000000405. The lowest BCUT2D eigenvalue weighted by Crippen LogP contribution is -2.53. The summed E-state index contributed by atoms with van der Waals surface area (Å²) in [6.45, 7) is 7.36. The summed E-state index contributed by atoms with van der Waals surface area (Å²) < 4.78 is 33.8. The third-order valence-electron chi connectivity index (χ3n) is 6.51. The maximum atomic E-state index is 13.2. The van der Waals surface area contributed by atoms with E-state index in [1.54, 1.807) is 12.4 Å². The molecule has 0 aliphatic carbocycles. The molecular formula is C24H27F3N6O3S. The zero-order chi connectivity index (χ0) is 26.8. The Labute approximate surface area is 215 Å². The van der Waals surface area contributed by atoms with Crippen LogP contribution in [-0.4, -0.2) is 67.4 Å². The predicted octanol–water partition coefficient (Wildman–Crippen LogP) is 4.14. The third-order valence-corrected chi connectivity index (χ3v) is 7.37. The lowest BCUT2D eigenvalue weighted by molar-refractivity contribution is -0.192. The van der Waals surface area contributed by atoms with Crippen molar-refractivity contribution in [3.63, 3.8) is 0 Å². The maximum absolute atomic E-state index is 13.2. The fourth-order valence-corrected chi connectivity index (χ4v) is 5.33. The molecule has 1 spiro atoms. The number of alkyl halides is 3. The molecule has 9 nitrogen and oxygen atoms in total. The normalized spacial score (nSPS) is 16.8. The number of halogens is 3. The molecule has 37 heavy (non-hydrogen) atoms. The fourth-order valence-electron chi connectivity index (χ4n) is 4.64. The Kier molecular flexibility index (Phi) is 7.53.